The minimum atomic E-state index is -0.370. The Labute approximate surface area is 186 Å². The van der Waals surface area contributed by atoms with E-state index < -0.39 is 0 Å². The number of piperazine rings is 1. The number of benzene rings is 1. The van der Waals surface area contributed by atoms with Gasteiger partial charge in [-0.15, -0.1) is 0 Å². The minimum Gasteiger partial charge on any atom is -0.370 e. The second kappa shape index (κ2) is 8.30. The van der Waals surface area contributed by atoms with Crippen molar-refractivity contribution in [2.24, 2.45) is 15.9 Å². The second-order valence-electron chi connectivity index (χ2n) is 8.15. The number of hydrogen-bond acceptors (Lipinski definition) is 5. The van der Waals surface area contributed by atoms with E-state index in [-0.39, 0.29) is 17.7 Å². The first-order valence-electron chi connectivity index (χ1n) is 10.7. The Kier molecular flexibility index (Phi) is 5.36. The van der Waals surface area contributed by atoms with Gasteiger partial charge in [-0.1, -0.05) is 29.8 Å². The molecule has 2 saturated heterocycles. The van der Waals surface area contributed by atoms with Gasteiger partial charge in [0.25, 0.3) is 11.8 Å². The largest absolute Gasteiger partial charge is 0.370 e. The van der Waals surface area contributed by atoms with Gasteiger partial charge in [-0.2, -0.15) is 4.99 Å². The topological polar surface area (TPSA) is 68.6 Å². The van der Waals surface area contributed by atoms with Gasteiger partial charge in [-0.3, -0.25) is 9.59 Å². The number of carbonyl (C=O) groups is 2. The predicted octanol–water partition coefficient (Wildman–Crippen LogP) is 2.78. The second-order valence-corrected chi connectivity index (χ2v) is 8.56. The number of allylic oxidation sites excluding steroid dienone is 3. The van der Waals surface area contributed by atoms with E-state index in [1.165, 1.54) is 12.8 Å². The van der Waals surface area contributed by atoms with Gasteiger partial charge < -0.3 is 14.7 Å². The molecule has 3 aliphatic heterocycles. The molecule has 0 spiro atoms. The Bertz CT molecular complexity index is 1030. The molecule has 0 radical (unpaired) electrons. The fourth-order valence-electron chi connectivity index (χ4n) is 4.44. The fraction of sp³-hybridized carbons (Fsp3) is 0.391. The lowest BCUT2D eigenvalue weighted by Gasteiger charge is -2.36. The molecule has 1 aromatic carbocycles. The zero-order valence-electron chi connectivity index (χ0n) is 17.2. The lowest BCUT2D eigenvalue weighted by molar-refractivity contribution is -0.118. The SMILES string of the molecule is O=C1N=C(N2CCN(C(=O)c3ccc(N4CCCC4)c(Cl)c3)CC2)N=C2C=CC=CC12. The molecule has 0 aromatic heterocycles. The number of carbonyl (C=O) groups excluding carboxylic acids is 2. The quantitative estimate of drug-likeness (QED) is 0.713. The number of amides is 2. The molecule has 1 unspecified atom stereocenters. The van der Waals surface area contributed by atoms with E-state index in [9.17, 15) is 9.59 Å². The minimum absolute atomic E-state index is 0.0251. The summed E-state index contributed by atoms with van der Waals surface area (Å²) < 4.78 is 0. The summed E-state index contributed by atoms with van der Waals surface area (Å²) in [7, 11) is 0. The van der Waals surface area contributed by atoms with Crippen LogP contribution in [0.2, 0.25) is 5.02 Å². The highest BCUT2D eigenvalue weighted by atomic mass is 35.5. The standard InChI is InChI=1S/C23H24ClN5O2/c24-18-15-16(7-8-20(18)27-9-3-4-10-27)22(31)28-11-13-29(14-12-28)23-25-19-6-2-1-5-17(19)21(30)26-23/h1-2,5-8,15,17H,3-4,9-14H2. The number of fused-ring (bicyclic) bond motifs is 1. The molecule has 2 fully saturated rings. The average molecular weight is 438 g/mol. The van der Waals surface area contributed by atoms with Crippen LogP contribution in [0.25, 0.3) is 0 Å². The Hall–Kier alpha value is -2.93. The third kappa shape index (κ3) is 3.90. The first-order chi connectivity index (χ1) is 15.1. The number of guanidine groups is 1. The number of hydrogen-bond donors (Lipinski definition) is 0. The van der Waals surface area contributed by atoms with Crippen LogP contribution in [0.4, 0.5) is 5.69 Å². The van der Waals surface area contributed by atoms with Gasteiger partial charge >= 0.3 is 0 Å². The van der Waals surface area contributed by atoms with Crippen LogP contribution < -0.4 is 4.90 Å². The highest BCUT2D eigenvalue weighted by Gasteiger charge is 2.30. The Morgan fingerprint density at radius 3 is 2.48 bits per heavy atom. The maximum absolute atomic E-state index is 13.0. The molecule has 8 heteroatoms. The highest BCUT2D eigenvalue weighted by molar-refractivity contribution is 6.33. The van der Waals surface area contributed by atoms with E-state index in [4.69, 9.17) is 11.6 Å². The maximum atomic E-state index is 13.0. The normalized spacial score (nSPS) is 23.1. The number of nitrogens with zero attached hydrogens (tertiary/aromatic N) is 5. The summed E-state index contributed by atoms with van der Waals surface area (Å²) in [5.74, 6) is -0.138. The Balaban J connectivity index is 1.24. The molecule has 31 heavy (non-hydrogen) atoms. The van der Waals surface area contributed by atoms with Crippen molar-refractivity contribution in [3.63, 3.8) is 0 Å². The van der Waals surface area contributed by atoms with E-state index in [1.807, 2.05) is 46.2 Å². The van der Waals surface area contributed by atoms with Crippen LogP contribution in [0.15, 0.2) is 52.5 Å². The van der Waals surface area contributed by atoms with Gasteiger partial charge in [0.2, 0.25) is 5.96 Å². The lowest BCUT2D eigenvalue weighted by Crippen LogP contribution is -2.51. The number of rotatable bonds is 2. The van der Waals surface area contributed by atoms with Crippen LogP contribution in [0.1, 0.15) is 23.2 Å². The molecule has 160 valence electrons. The van der Waals surface area contributed by atoms with Gasteiger partial charge in [0.05, 0.1) is 16.4 Å². The number of aliphatic imine (C=N–C) groups is 2. The lowest BCUT2D eigenvalue weighted by atomic mass is 9.97. The third-order valence-corrected chi connectivity index (χ3v) is 6.50. The number of halogens is 1. The molecule has 0 saturated carbocycles. The van der Waals surface area contributed by atoms with Crippen molar-refractivity contribution in [3.8, 4) is 0 Å². The van der Waals surface area contributed by atoms with Crippen molar-refractivity contribution >= 4 is 40.8 Å². The monoisotopic (exact) mass is 437 g/mol. The first kappa shape index (κ1) is 20.0. The third-order valence-electron chi connectivity index (χ3n) is 6.20. The summed E-state index contributed by atoms with van der Waals surface area (Å²) in [5, 5.41) is 0.626. The van der Waals surface area contributed by atoms with Gasteiger partial charge in [0, 0.05) is 44.8 Å². The fourth-order valence-corrected chi connectivity index (χ4v) is 4.74. The van der Waals surface area contributed by atoms with Crippen LogP contribution in [-0.4, -0.2) is 72.6 Å². The van der Waals surface area contributed by atoms with E-state index >= 15 is 0 Å². The Morgan fingerprint density at radius 1 is 0.968 bits per heavy atom. The van der Waals surface area contributed by atoms with E-state index in [1.54, 1.807) is 6.07 Å². The highest BCUT2D eigenvalue weighted by Crippen LogP contribution is 2.30. The summed E-state index contributed by atoms with van der Waals surface area (Å²) in [6.07, 6.45) is 9.75. The molecule has 3 heterocycles. The molecule has 7 nitrogen and oxygen atoms in total. The molecule has 0 N–H and O–H groups in total. The van der Waals surface area contributed by atoms with Gasteiger partial charge in [-0.25, -0.2) is 4.99 Å². The first-order valence-corrected chi connectivity index (χ1v) is 11.1. The van der Waals surface area contributed by atoms with Crippen molar-refractivity contribution in [2.75, 3.05) is 44.2 Å². The average Bonchev–Trinajstić information content (AvgIpc) is 3.33. The molecule has 4 aliphatic rings. The molecule has 1 aromatic rings. The summed E-state index contributed by atoms with van der Waals surface area (Å²) in [6.45, 7) is 4.27. The van der Waals surface area contributed by atoms with Crippen molar-refractivity contribution in [2.45, 2.75) is 12.8 Å². The predicted molar refractivity (Wildman–Crippen MR) is 122 cm³/mol. The molecule has 2 amide bonds. The van der Waals surface area contributed by atoms with Gasteiger partial charge in [-0.05, 0) is 37.1 Å². The van der Waals surface area contributed by atoms with E-state index in [0.29, 0.717) is 42.7 Å². The Morgan fingerprint density at radius 2 is 1.74 bits per heavy atom. The molecule has 0 bridgehead atoms. The van der Waals surface area contributed by atoms with Crippen LogP contribution in [-0.2, 0) is 4.79 Å². The summed E-state index contributed by atoms with van der Waals surface area (Å²) >= 11 is 6.49. The van der Waals surface area contributed by atoms with Crippen molar-refractivity contribution < 1.29 is 9.59 Å². The maximum Gasteiger partial charge on any atom is 0.261 e. The van der Waals surface area contributed by atoms with Crippen LogP contribution in [0, 0.1) is 5.92 Å². The molecule has 1 aliphatic carbocycles. The molecule has 5 rings (SSSR count). The van der Waals surface area contributed by atoms with Crippen molar-refractivity contribution in [3.05, 3.63) is 53.1 Å². The van der Waals surface area contributed by atoms with Crippen molar-refractivity contribution in [1.29, 1.82) is 0 Å². The summed E-state index contributed by atoms with van der Waals surface area (Å²) in [5.41, 5.74) is 2.34. The van der Waals surface area contributed by atoms with Crippen LogP contribution in [0.3, 0.4) is 0 Å². The van der Waals surface area contributed by atoms with E-state index in [2.05, 4.69) is 14.9 Å². The number of anilines is 1. The van der Waals surface area contributed by atoms with Crippen LogP contribution >= 0.6 is 11.6 Å². The van der Waals surface area contributed by atoms with Gasteiger partial charge in [0.15, 0.2) is 0 Å². The molecular weight excluding hydrogens is 414 g/mol. The van der Waals surface area contributed by atoms with Crippen LogP contribution in [0.5, 0.6) is 0 Å². The van der Waals surface area contributed by atoms with Gasteiger partial charge in [0.1, 0.15) is 5.92 Å². The smallest absolute Gasteiger partial charge is 0.261 e. The summed E-state index contributed by atoms with van der Waals surface area (Å²) in [4.78, 5) is 40.2. The zero-order chi connectivity index (χ0) is 21.4. The molecule has 1 atom stereocenters. The zero-order valence-corrected chi connectivity index (χ0v) is 18.0. The van der Waals surface area contributed by atoms with E-state index in [0.717, 1.165) is 24.5 Å². The summed E-state index contributed by atoms with van der Waals surface area (Å²) in [6, 6.07) is 5.61. The van der Waals surface area contributed by atoms with Crippen molar-refractivity contribution in [1.82, 2.24) is 9.80 Å². The molecular formula is C23H24ClN5O2.